The maximum atomic E-state index is 12.8. The van der Waals surface area contributed by atoms with Crippen LogP contribution >= 0.6 is 0 Å². The normalized spacial score (nSPS) is 14.8. The van der Waals surface area contributed by atoms with Gasteiger partial charge in [-0.25, -0.2) is 0 Å². The molecule has 4 nitrogen and oxygen atoms in total. The topological polar surface area (TPSA) is 41.6 Å². The number of nitrogens with one attached hydrogen (secondary N) is 1. The Labute approximate surface area is 162 Å². The van der Waals surface area contributed by atoms with E-state index in [1.54, 1.807) is 7.11 Å². The molecule has 1 saturated carbocycles. The van der Waals surface area contributed by atoms with Gasteiger partial charge in [0.1, 0.15) is 5.75 Å². The van der Waals surface area contributed by atoms with Crippen LogP contribution in [0.3, 0.4) is 0 Å². The largest absolute Gasteiger partial charge is 0.497 e. The molecule has 1 fully saturated rings. The Morgan fingerprint density at radius 3 is 2.22 bits per heavy atom. The van der Waals surface area contributed by atoms with E-state index in [0.717, 1.165) is 36.5 Å². The molecule has 4 heteroatoms. The van der Waals surface area contributed by atoms with Gasteiger partial charge in [-0.15, -0.1) is 0 Å². The smallest absolute Gasteiger partial charge is 0.251 e. The van der Waals surface area contributed by atoms with E-state index >= 15 is 0 Å². The van der Waals surface area contributed by atoms with E-state index in [1.807, 2.05) is 24.3 Å². The number of carbonyl (C=O) groups is 1. The van der Waals surface area contributed by atoms with Gasteiger partial charge in [0.15, 0.2) is 0 Å². The fourth-order valence-electron chi connectivity index (χ4n) is 3.41. The van der Waals surface area contributed by atoms with Crippen LogP contribution in [0.5, 0.6) is 5.75 Å². The minimum atomic E-state index is -0.00268. The van der Waals surface area contributed by atoms with Crippen LogP contribution in [-0.2, 0) is 6.54 Å². The summed E-state index contributed by atoms with van der Waals surface area (Å²) in [5, 5.41) is 3.24. The lowest BCUT2D eigenvalue weighted by Crippen LogP contribution is -2.30. The highest BCUT2D eigenvalue weighted by Gasteiger charge is 2.33. The number of hydrogen-bond donors (Lipinski definition) is 1. The summed E-state index contributed by atoms with van der Waals surface area (Å²) in [7, 11) is 1.67. The summed E-state index contributed by atoms with van der Waals surface area (Å²) in [6, 6.07) is 16.1. The summed E-state index contributed by atoms with van der Waals surface area (Å²) in [4.78, 5) is 15.1. The Morgan fingerprint density at radius 2 is 1.70 bits per heavy atom. The van der Waals surface area contributed by atoms with Crippen molar-refractivity contribution in [3.8, 4) is 5.75 Å². The van der Waals surface area contributed by atoms with Crippen LogP contribution in [0.4, 0.5) is 0 Å². The zero-order valence-electron chi connectivity index (χ0n) is 16.6. The molecule has 1 amide bonds. The molecule has 0 spiro atoms. The zero-order valence-corrected chi connectivity index (χ0v) is 16.6. The van der Waals surface area contributed by atoms with E-state index in [1.165, 1.54) is 18.4 Å². The summed E-state index contributed by atoms with van der Waals surface area (Å²) < 4.78 is 5.24. The van der Waals surface area contributed by atoms with Crippen molar-refractivity contribution in [1.82, 2.24) is 10.2 Å². The number of amides is 1. The number of benzene rings is 2. The molecule has 27 heavy (non-hydrogen) atoms. The molecule has 144 valence electrons. The molecule has 0 bridgehead atoms. The Kier molecular flexibility index (Phi) is 6.51. The van der Waals surface area contributed by atoms with Crippen LogP contribution in [-0.4, -0.2) is 31.0 Å². The number of carbonyl (C=O) groups excluding carboxylic acids is 1. The van der Waals surface area contributed by atoms with Gasteiger partial charge in [0.2, 0.25) is 0 Å². The molecule has 3 rings (SSSR count). The fraction of sp³-hybridized carbons (Fsp3) is 0.435. The van der Waals surface area contributed by atoms with Crippen molar-refractivity contribution < 1.29 is 9.53 Å². The van der Waals surface area contributed by atoms with Crippen LogP contribution in [0, 0.1) is 5.92 Å². The molecule has 1 aliphatic rings. The molecule has 0 heterocycles. The molecule has 0 saturated heterocycles. The molecule has 1 atom stereocenters. The van der Waals surface area contributed by atoms with Crippen molar-refractivity contribution >= 4 is 5.91 Å². The quantitative estimate of drug-likeness (QED) is 0.714. The SMILES string of the molecule is CCN(CC)Cc1ccc(C(=O)NC(c2ccc(OC)cc2)C2CC2)cc1. The summed E-state index contributed by atoms with van der Waals surface area (Å²) in [6.45, 7) is 7.32. The van der Waals surface area contributed by atoms with Gasteiger partial charge in [-0.05, 0) is 67.2 Å². The van der Waals surface area contributed by atoms with Gasteiger partial charge in [-0.3, -0.25) is 9.69 Å². The molecule has 0 aromatic heterocycles. The lowest BCUT2D eigenvalue weighted by Gasteiger charge is -2.20. The van der Waals surface area contributed by atoms with E-state index in [9.17, 15) is 4.79 Å². The summed E-state index contributed by atoms with van der Waals surface area (Å²) >= 11 is 0. The number of methoxy groups -OCH3 is 1. The molecular weight excluding hydrogens is 336 g/mol. The van der Waals surface area contributed by atoms with Crippen LogP contribution in [0.1, 0.15) is 54.2 Å². The highest BCUT2D eigenvalue weighted by Crippen LogP contribution is 2.41. The lowest BCUT2D eigenvalue weighted by atomic mass is 10.0. The molecule has 0 radical (unpaired) electrons. The van der Waals surface area contributed by atoms with Crippen molar-refractivity contribution in [1.29, 1.82) is 0 Å². The zero-order chi connectivity index (χ0) is 19.2. The molecular formula is C23H30N2O2. The minimum Gasteiger partial charge on any atom is -0.497 e. The van der Waals surface area contributed by atoms with E-state index in [4.69, 9.17) is 4.74 Å². The van der Waals surface area contributed by atoms with Crippen molar-refractivity contribution in [2.75, 3.05) is 20.2 Å². The number of hydrogen-bond acceptors (Lipinski definition) is 3. The van der Waals surface area contributed by atoms with Gasteiger partial charge in [-0.1, -0.05) is 38.1 Å². The second-order valence-electron chi connectivity index (χ2n) is 7.22. The van der Waals surface area contributed by atoms with Crippen molar-refractivity contribution in [2.24, 2.45) is 5.92 Å². The first kappa shape index (κ1) is 19.4. The third-order valence-electron chi connectivity index (χ3n) is 5.37. The Balaban J connectivity index is 1.67. The van der Waals surface area contributed by atoms with Crippen LogP contribution < -0.4 is 10.1 Å². The monoisotopic (exact) mass is 366 g/mol. The Hall–Kier alpha value is -2.33. The Bertz CT molecular complexity index is 732. The second-order valence-corrected chi connectivity index (χ2v) is 7.22. The second kappa shape index (κ2) is 9.05. The van der Waals surface area contributed by atoms with E-state index in [2.05, 4.69) is 48.3 Å². The molecule has 0 aliphatic heterocycles. The number of nitrogens with zero attached hydrogens (tertiary/aromatic N) is 1. The maximum absolute atomic E-state index is 12.8. The van der Waals surface area contributed by atoms with Gasteiger partial charge >= 0.3 is 0 Å². The highest BCUT2D eigenvalue weighted by molar-refractivity contribution is 5.94. The molecule has 2 aromatic carbocycles. The third kappa shape index (κ3) is 5.10. The van der Waals surface area contributed by atoms with Crippen molar-refractivity contribution in [3.63, 3.8) is 0 Å². The first-order chi connectivity index (χ1) is 13.1. The fourth-order valence-corrected chi connectivity index (χ4v) is 3.41. The van der Waals surface area contributed by atoms with Gasteiger partial charge < -0.3 is 10.1 Å². The first-order valence-electron chi connectivity index (χ1n) is 9.90. The molecule has 1 N–H and O–H groups in total. The number of rotatable bonds is 9. The van der Waals surface area contributed by atoms with E-state index < -0.39 is 0 Å². The van der Waals surface area contributed by atoms with Crippen LogP contribution in [0.25, 0.3) is 0 Å². The molecule has 2 aromatic rings. The first-order valence-corrected chi connectivity index (χ1v) is 9.90. The summed E-state index contributed by atoms with van der Waals surface area (Å²) in [6.07, 6.45) is 2.33. The molecule has 1 aliphatic carbocycles. The average Bonchev–Trinajstić information content (AvgIpc) is 3.56. The predicted octanol–water partition coefficient (Wildman–Crippen LogP) is 4.42. The third-order valence-corrected chi connectivity index (χ3v) is 5.37. The summed E-state index contributed by atoms with van der Waals surface area (Å²) in [5.41, 5.74) is 3.10. The highest BCUT2D eigenvalue weighted by atomic mass is 16.5. The standard InChI is InChI=1S/C23H30N2O2/c1-4-25(5-2)16-17-6-8-20(9-7-17)23(26)24-22(18-10-11-18)19-12-14-21(27-3)15-13-19/h6-9,12-15,18,22H,4-5,10-11,16H2,1-3H3,(H,24,26). The van der Waals surface area contributed by atoms with Gasteiger partial charge in [-0.2, -0.15) is 0 Å². The minimum absolute atomic E-state index is 0.00268. The Morgan fingerprint density at radius 1 is 1.07 bits per heavy atom. The summed E-state index contributed by atoms with van der Waals surface area (Å²) in [5.74, 6) is 1.37. The maximum Gasteiger partial charge on any atom is 0.251 e. The van der Waals surface area contributed by atoms with Gasteiger partial charge in [0, 0.05) is 12.1 Å². The van der Waals surface area contributed by atoms with Crippen molar-refractivity contribution in [3.05, 3.63) is 65.2 Å². The van der Waals surface area contributed by atoms with Gasteiger partial charge in [0.25, 0.3) is 5.91 Å². The van der Waals surface area contributed by atoms with E-state index in [-0.39, 0.29) is 11.9 Å². The number of ether oxygens (including phenoxy) is 1. The lowest BCUT2D eigenvalue weighted by molar-refractivity contribution is 0.0931. The predicted molar refractivity (Wildman–Crippen MR) is 109 cm³/mol. The van der Waals surface area contributed by atoms with E-state index in [0.29, 0.717) is 5.92 Å². The van der Waals surface area contributed by atoms with Crippen molar-refractivity contribution in [2.45, 2.75) is 39.3 Å². The molecule has 1 unspecified atom stereocenters. The van der Waals surface area contributed by atoms with Gasteiger partial charge in [0.05, 0.1) is 13.2 Å². The van der Waals surface area contributed by atoms with Crippen LogP contribution in [0.15, 0.2) is 48.5 Å². The van der Waals surface area contributed by atoms with Crippen LogP contribution in [0.2, 0.25) is 0 Å². The average molecular weight is 367 g/mol.